The minimum Gasteiger partial charge on any atom is -0.428 e. The van der Waals surface area contributed by atoms with Crippen molar-refractivity contribution < 1.29 is 24.2 Å². The second-order valence-corrected chi connectivity index (χ2v) is 1.91. The molecule has 0 aliphatic carbocycles. The van der Waals surface area contributed by atoms with Gasteiger partial charge in [0.05, 0.1) is 0 Å². The minimum absolute atomic E-state index is 0.167. The first kappa shape index (κ1) is 9.90. The number of carbonyl (C=O) groups excluding carboxylic acids is 2. The van der Waals surface area contributed by atoms with Crippen molar-refractivity contribution in [3.8, 4) is 0 Å². The van der Waals surface area contributed by atoms with Gasteiger partial charge in [0.2, 0.25) is 6.29 Å². The van der Waals surface area contributed by atoms with Gasteiger partial charge >= 0.3 is 5.97 Å². The third-order valence-corrected chi connectivity index (χ3v) is 0.870. The molecule has 5 heteroatoms. The summed E-state index contributed by atoms with van der Waals surface area (Å²) in [4.78, 5) is 20.3. The van der Waals surface area contributed by atoms with Crippen molar-refractivity contribution in [2.75, 3.05) is 0 Å². The summed E-state index contributed by atoms with van der Waals surface area (Å²) in [7, 11) is 0. The maximum atomic E-state index is 10.6. The highest BCUT2D eigenvalue weighted by atomic mass is 16.7. The van der Waals surface area contributed by atoms with E-state index in [-0.39, 0.29) is 6.47 Å². The lowest BCUT2D eigenvalue weighted by Gasteiger charge is -2.11. The van der Waals surface area contributed by atoms with Crippen LogP contribution in [-0.2, 0) is 19.1 Å². The quantitative estimate of drug-likeness (QED) is 0.340. The number of hydrogen-bond acceptors (Lipinski definition) is 5. The zero-order chi connectivity index (χ0) is 8.85. The average Bonchev–Trinajstić information content (AvgIpc) is 1.87. The van der Waals surface area contributed by atoms with Crippen molar-refractivity contribution >= 4 is 12.4 Å². The largest absolute Gasteiger partial charge is 0.428 e. The molecule has 2 atom stereocenters. The Morgan fingerprint density at radius 2 is 2.09 bits per heavy atom. The van der Waals surface area contributed by atoms with Gasteiger partial charge in [0.1, 0.15) is 6.10 Å². The first-order chi connectivity index (χ1) is 5.07. The van der Waals surface area contributed by atoms with Crippen molar-refractivity contribution in [2.45, 2.75) is 26.2 Å². The molecule has 0 aromatic rings. The van der Waals surface area contributed by atoms with Gasteiger partial charge in [-0.05, 0) is 6.92 Å². The molecule has 0 rings (SSSR count). The van der Waals surface area contributed by atoms with Crippen LogP contribution in [0.4, 0.5) is 0 Å². The Morgan fingerprint density at radius 1 is 1.55 bits per heavy atom. The summed E-state index contributed by atoms with van der Waals surface area (Å²) in [6.07, 6.45) is -2.15. The molecule has 0 saturated heterocycles. The lowest BCUT2D eigenvalue weighted by atomic mass is 10.4. The number of carbonyl (C=O) groups is 2. The van der Waals surface area contributed by atoms with E-state index in [1.807, 2.05) is 0 Å². The summed E-state index contributed by atoms with van der Waals surface area (Å²) in [5.74, 6) is -0.820. The Labute approximate surface area is 63.9 Å². The fourth-order valence-corrected chi connectivity index (χ4v) is 0.368. The van der Waals surface area contributed by atoms with Gasteiger partial charge in [-0.15, -0.1) is 0 Å². The van der Waals surface area contributed by atoms with Crippen LogP contribution in [0, 0.1) is 0 Å². The van der Waals surface area contributed by atoms with Crippen molar-refractivity contribution in [1.82, 2.24) is 0 Å². The van der Waals surface area contributed by atoms with E-state index in [0.717, 1.165) is 0 Å². The molecule has 11 heavy (non-hydrogen) atoms. The smallest absolute Gasteiger partial charge is 0.337 e. The number of aliphatic hydroxyl groups is 1. The first-order valence-electron chi connectivity index (χ1n) is 3.05. The van der Waals surface area contributed by atoms with Crippen LogP contribution in [0.15, 0.2) is 0 Å². The Bertz CT molecular complexity index is 142. The molecule has 0 fully saturated rings. The van der Waals surface area contributed by atoms with E-state index in [1.54, 1.807) is 0 Å². The van der Waals surface area contributed by atoms with E-state index in [2.05, 4.69) is 9.47 Å². The lowest BCUT2D eigenvalue weighted by Crippen LogP contribution is -2.25. The van der Waals surface area contributed by atoms with Crippen LogP contribution in [-0.4, -0.2) is 29.9 Å². The Morgan fingerprint density at radius 3 is 2.45 bits per heavy atom. The molecule has 0 bridgehead atoms. The zero-order valence-electron chi connectivity index (χ0n) is 6.31. The molecular formula is C6H10O5. The van der Waals surface area contributed by atoms with Crippen molar-refractivity contribution in [3.05, 3.63) is 0 Å². The maximum absolute atomic E-state index is 10.6. The monoisotopic (exact) mass is 162 g/mol. The molecule has 0 heterocycles. The molecule has 1 N–H and O–H groups in total. The number of ether oxygens (including phenoxy) is 2. The van der Waals surface area contributed by atoms with Crippen LogP contribution in [0.25, 0.3) is 0 Å². The summed E-state index contributed by atoms with van der Waals surface area (Å²) in [6.45, 7) is 2.80. The molecule has 0 spiro atoms. The molecular weight excluding hydrogens is 152 g/mol. The topological polar surface area (TPSA) is 72.8 Å². The number of aliphatic hydroxyl groups excluding tert-OH is 1. The molecule has 5 nitrogen and oxygen atoms in total. The maximum Gasteiger partial charge on any atom is 0.337 e. The van der Waals surface area contributed by atoms with Crippen LogP contribution in [0.2, 0.25) is 0 Å². The summed E-state index contributed by atoms with van der Waals surface area (Å²) >= 11 is 0. The van der Waals surface area contributed by atoms with Gasteiger partial charge in [-0.25, -0.2) is 4.79 Å². The molecule has 0 saturated carbocycles. The summed E-state index contributed by atoms with van der Waals surface area (Å²) in [5, 5.41) is 8.62. The third-order valence-electron chi connectivity index (χ3n) is 0.870. The van der Waals surface area contributed by atoms with Crippen molar-refractivity contribution in [3.63, 3.8) is 0 Å². The molecule has 0 aromatic carbocycles. The predicted molar refractivity (Wildman–Crippen MR) is 34.4 cm³/mol. The van der Waals surface area contributed by atoms with Gasteiger partial charge in [0.15, 0.2) is 0 Å². The number of esters is 1. The van der Waals surface area contributed by atoms with E-state index < -0.39 is 18.4 Å². The summed E-state index contributed by atoms with van der Waals surface area (Å²) in [5.41, 5.74) is 0. The van der Waals surface area contributed by atoms with Crippen molar-refractivity contribution in [1.29, 1.82) is 0 Å². The van der Waals surface area contributed by atoms with E-state index in [0.29, 0.717) is 0 Å². The highest BCUT2D eigenvalue weighted by molar-refractivity contribution is 5.73. The van der Waals surface area contributed by atoms with E-state index in [9.17, 15) is 9.59 Å². The fourth-order valence-electron chi connectivity index (χ4n) is 0.368. The van der Waals surface area contributed by atoms with Crippen LogP contribution in [0.5, 0.6) is 0 Å². The number of rotatable bonds is 4. The van der Waals surface area contributed by atoms with Crippen LogP contribution >= 0.6 is 0 Å². The highest BCUT2D eigenvalue weighted by Gasteiger charge is 2.14. The fraction of sp³-hybridized carbons (Fsp3) is 0.667. The molecule has 0 radical (unpaired) electrons. The standard InChI is InChI=1S/C6H10O5/c1-4(8)6(9)11-5(2)10-3-7/h3-5,8H,1-2H3. The molecule has 0 aliphatic heterocycles. The van der Waals surface area contributed by atoms with Gasteiger partial charge in [-0.1, -0.05) is 0 Å². The molecule has 0 aromatic heterocycles. The highest BCUT2D eigenvalue weighted by Crippen LogP contribution is 1.94. The summed E-state index contributed by atoms with van der Waals surface area (Å²) in [6, 6.07) is 0. The van der Waals surface area contributed by atoms with Crippen molar-refractivity contribution in [2.24, 2.45) is 0 Å². The molecule has 64 valence electrons. The second kappa shape index (κ2) is 4.68. The van der Waals surface area contributed by atoms with Crippen LogP contribution < -0.4 is 0 Å². The van der Waals surface area contributed by atoms with Gasteiger partial charge in [0, 0.05) is 6.92 Å². The van der Waals surface area contributed by atoms with Crippen LogP contribution in [0.3, 0.4) is 0 Å². The van der Waals surface area contributed by atoms with Gasteiger partial charge in [-0.2, -0.15) is 0 Å². The zero-order valence-corrected chi connectivity index (χ0v) is 6.31. The Hall–Kier alpha value is -1.10. The number of hydrogen-bond donors (Lipinski definition) is 1. The predicted octanol–water partition coefficient (Wildman–Crippen LogP) is -0.571. The first-order valence-corrected chi connectivity index (χ1v) is 3.05. The molecule has 0 amide bonds. The van der Waals surface area contributed by atoms with Crippen LogP contribution in [0.1, 0.15) is 13.8 Å². The second-order valence-electron chi connectivity index (χ2n) is 1.91. The normalized spacial score (nSPS) is 14.8. The van der Waals surface area contributed by atoms with E-state index in [1.165, 1.54) is 13.8 Å². The lowest BCUT2D eigenvalue weighted by molar-refractivity contribution is -0.182. The minimum atomic E-state index is -1.20. The average molecular weight is 162 g/mol. The molecule has 0 aliphatic rings. The van der Waals surface area contributed by atoms with E-state index in [4.69, 9.17) is 5.11 Å². The van der Waals surface area contributed by atoms with Gasteiger partial charge < -0.3 is 14.6 Å². The van der Waals surface area contributed by atoms with Gasteiger partial charge in [-0.3, -0.25) is 4.79 Å². The van der Waals surface area contributed by atoms with Gasteiger partial charge in [0.25, 0.3) is 6.47 Å². The third kappa shape index (κ3) is 4.32. The molecule has 2 unspecified atom stereocenters. The SMILES string of the molecule is CC(OC=O)OC(=O)C(C)O. The Kier molecular flexibility index (Phi) is 4.21. The van der Waals surface area contributed by atoms with E-state index >= 15 is 0 Å². The summed E-state index contributed by atoms with van der Waals surface area (Å²) < 4.78 is 8.64. The Balaban J connectivity index is 3.65.